The topological polar surface area (TPSA) is 49.8 Å². The number of nitrogens with two attached hydrogens (primary N) is 1. The number of fused-ring (bicyclic) bond motifs is 1. The second-order valence-corrected chi connectivity index (χ2v) is 4.07. The first-order chi connectivity index (χ1) is 6.65. The SMILES string of the molecule is Cc1ccc(F)c2sc(N)c(C#N)c12. The van der Waals surface area contributed by atoms with E-state index in [-0.39, 0.29) is 5.82 Å². The summed E-state index contributed by atoms with van der Waals surface area (Å²) in [7, 11) is 0. The van der Waals surface area contributed by atoms with E-state index in [1.165, 1.54) is 6.07 Å². The molecule has 0 spiro atoms. The van der Waals surface area contributed by atoms with Gasteiger partial charge in [0.15, 0.2) is 0 Å². The molecule has 0 saturated heterocycles. The zero-order valence-electron chi connectivity index (χ0n) is 7.47. The summed E-state index contributed by atoms with van der Waals surface area (Å²) in [6, 6.07) is 5.06. The van der Waals surface area contributed by atoms with E-state index in [0.29, 0.717) is 20.7 Å². The molecular weight excluding hydrogens is 199 g/mol. The van der Waals surface area contributed by atoms with Gasteiger partial charge in [0.1, 0.15) is 16.9 Å². The molecule has 2 rings (SSSR count). The molecule has 0 aliphatic rings. The van der Waals surface area contributed by atoms with E-state index in [1.807, 2.05) is 13.0 Å². The van der Waals surface area contributed by atoms with Crippen LogP contribution in [0.2, 0.25) is 0 Å². The lowest BCUT2D eigenvalue weighted by Gasteiger charge is -1.96. The molecule has 1 heterocycles. The Morgan fingerprint density at radius 2 is 2.21 bits per heavy atom. The van der Waals surface area contributed by atoms with Crippen LogP contribution in [0.4, 0.5) is 9.39 Å². The van der Waals surface area contributed by atoms with Gasteiger partial charge in [-0.25, -0.2) is 4.39 Å². The van der Waals surface area contributed by atoms with E-state index in [2.05, 4.69) is 0 Å². The van der Waals surface area contributed by atoms with Crippen LogP contribution in [-0.4, -0.2) is 0 Å². The monoisotopic (exact) mass is 206 g/mol. The molecule has 0 amide bonds. The van der Waals surface area contributed by atoms with E-state index in [1.54, 1.807) is 6.07 Å². The van der Waals surface area contributed by atoms with Crippen LogP contribution in [0.15, 0.2) is 12.1 Å². The van der Waals surface area contributed by atoms with Gasteiger partial charge < -0.3 is 5.73 Å². The van der Waals surface area contributed by atoms with Gasteiger partial charge in [0.25, 0.3) is 0 Å². The van der Waals surface area contributed by atoms with Gasteiger partial charge in [0.05, 0.1) is 10.3 Å². The Kier molecular flexibility index (Phi) is 1.90. The first kappa shape index (κ1) is 8.97. The van der Waals surface area contributed by atoms with E-state index in [0.717, 1.165) is 16.9 Å². The molecule has 0 atom stereocenters. The Balaban J connectivity index is 3.03. The van der Waals surface area contributed by atoms with Crippen molar-refractivity contribution in [1.82, 2.24) is 0 Å². The van der Waals surface area contributed by atoms with Crippen LogP contribution < -0.4 is 5.73 Å². The van der Waals surface area contributed by atoms with Gasteiger partial charge in [-0.3, -0.25) is 0 Å². The van der Waals surface area contributed by atoms with Crippen LogP contribution in [-0.2, 0) is 0 Å². The van der Waals surface area contributed by atoms with Crippen molar-refractivity contribution < 1.29 is 4.39 Å². The van der Waals surface area contributed by atoms with Crippen LogP contribution in [0.3, 0.4) is 0 Å². The van der Waals surface area contributed by atoms with Crippen molar-refractivity contribution in [2.45, 2.75) is 6.92 Å². The van der Waals surface area contributed by atoms with Gasteiger partial charge in [0, 0.05) is 5.39 Å². The quantitative estimate of drug-likeness (QED) is 0.720. The number of halogens is 1. The summed E-state index contributed by atoms with van der Waals surface area (Å²) in [5, 5.41) is 9.91. The molecule has 2 N–H and O–H groups in total. The molecule has 0 unspecified atom stereocenters. The number of benzene rings is 1. The average Bonchev–Trinajstić information content (AvgIpc) is 2.50. The summed E-state index contributed by atoms with van der Waals surface area (Å²) in [6.07, 6.45) is 0. The highest BCUT2D eigenvalue weighted by molar-refractivity contribution is 7.23. The van der Waals surface area contributed by atoms with Crippen molar-refractivity contribution in [2.24, 2.45) is 0 Å². The third kappa shape index (κ3) is 1.06. The fourth-order valence-electron chi connectivity index (χ4n) is 1.46. The molecule has 0 saturated carbocycles. The number of hydrogen-bond acceptors (Lipinski definition) is 3. The number of aryl methyl sites for hydroxylation is 1. The standard InChI is InChI=1S/C10H7FN2S/c1-5-2-3-7(11)9-8(5)6(4-12)10(13)14-9/h2-3H,13H2,1H3. The maximum Gasteiger partial charge on any atom is 0.141 e. The second-order valence-electron chi connectivity index (χ2n) is 3.02. The molecule has 2 aromatic rings. The second kappa shape index (κ2) is 2.96. The lowest BCUT2D eigenvalue weighted by molar-refractivity contribution is 0.641. The minimum absolute atomic E-state index is 0.316. The van der Waals surface area contributed by atoms with Crippen molar-refractivity contribution in [3.05, 3.63) is 29.1 Å². The molecule has 0 fully saturated rings. The third-order valence-electron chi connectivity index (χ3n) is 2.14. The normalized spacial score (nSPS) is 10.4. The van der Waals surface area contributed by atoms with Crippen LogP contribution in [0.5, 0.6) is 0 Å². The molecule has 1 aromatic heterocycles. The van der Waals surface area contributed by atoms with Gasteiger partial charge in [-0.2, -0.15) is 5.26 Å². The van der Waals surface area contributed by atoms with Crippen molar-refractivity contribution in [2.75, 3.05) is 5.73 Å². The van der Waals surface area contributed by atoms with Crippen molar-refractivity contribution in [3.8, 4) is 6.07 Å². The summed E-state index contributed by atoms with van der Waals surface area (Å²) in [4.78, 5) is 0. The summed E-state index contributed by atoms with van der Waals surface area (Å²) < 4.78 is 13.8. The lowest BCUT2D eigenvalue weighted by atomic mass is 10.1. The molecule has 70 valence electrons. The first-order valence-electron chi connectivity index (χ1n) is 4.02. The average molecular weight is 206 g/mol. The lowest BCUT2D eigenvalue weighted by Crippen LogP contribution is -1.84. The minimum atomic E-state index is -0.316. The fraction of sp³-hybridized carbons (Fsp3) is 0.100. The molecule has 0 aliphatic carbocycles. The molecule has 0 aliphatic heterocycles. The van der Waals surface area contributed by atoms with E-state index in [4.69, 9.17) is 11.0 Å². The number of nitriles is 1. The predicted octanol–water partition coefficient (Wildman–Crippen LogP) is 2.80. The van der Waals surface area contributed by atoms with Gasteiger partial charge in [0.2, 0.25) is 0 Å². The first-order valence-corrected chi connectivity index (χ1v) is 4.84. The summed E-state index contributed by atoms with van der Waals surface area (Å²) >= 11 is 1.12. The van der Waals surface area contributed by atoms with Crippen LogP contribution >= 0.6 is 11.3 Å². The Morgan fingerprint density at radius 3 is 2.86 bits per heavy atom. The third-order valence-corrected chi connectivity index (χ3v) is 3.17. The number of anilines is 1. The molecule has 4 heteroatoms. The molecule has 0 bridgehead atoms. The summed E-state index contributed by atoms with van der Waals surface area (Å²) in [5.41, 5.74) is 6.90. The van der Waals surface area contributed by atoms with Gasteiger partial charge in [-0.1, -0.05) is 6.07 Å². The largest absolute Gasteiger partial charge is 0.389 e. The Hall–Kier alpha value is -1.60. The zero-order valence-corrected chi connectivity index (χ0v) is 8.28. The smallest absolute Gasteiger partial charge is 0.141 e. The summed E-state index contributed by atoms with van der Waals surface area (Å²) in [6.45, 7) is 1.84. The highest BCUT2D eigenvalue weighted by Crippen LogP contribution is 2.36. The number of thiophene rings is 1. The molecule has 1 aromatic carbocycles. The Labute approximate surface area is 84.4 Å². The maximum atomic E-state index is 13.3. The van der Waals surface area contributed by atoms with Gasteiger partial charge in [-0.05, 0) is 18.6 Å². The predicted molar refractivity (Wildman–Crippen MR) is 55.6 cm³/mol. The van der Waals surface area contributed by atoms with Crippen molar-refractivity contribution in [1.29, 1.82) is 5.26 Å². The molecule has 14 heavy (non-hydrogen) atoms. The number of nitrogen functional groups attached to an aromatic ring is 1. The summed E-state index contributed by atoms with van der Waals surface area (Å²) in [5.74, 6) is -0.316. The van der Waals surface area contributed by atoms with Gasteiger partial charge in [-0.15, -0.1) is 11.3 Å². The minimum Gasteiger partial charge on any atom is -0.389 e. The number of hydrogen-bond donors (Lipinski definition) is 1. The maximum absolute atomic E-state index is 13.3. The van der Waals surface area contributed by atoms with Crippen LogP contribution in [0.25, 0.3) is 10.1 Å². The number of rotatable bonds is 0. The number of nitrogens with zero attached hydrogens (tertiary/aromatic N) is 1. The van der Waals surface area contributed by atoms with E-state index < -0.39 is 0 Å². The van der Waals surface area contributed by atoms with Crippen LogP contribution in [0, 0.1) is 24.1 Å². The van der Waals surface area contributed by atoms with E-state index in [9.17, 15) is 4.39 Å². The van der Waals surface area contributed by atoms with Crippen molar-refractivity contribution in [3.63, 3.8) is 0 Å². The zero-order chi connectivity index (χ0) is 10.3. The molecule has 2 nitrogen and oxygen atoms in total. The molecular formula is C10H7FN2S. The molecule has 0 radical (unpaired) electrons. The van der Waals surface area contributed by atoms with Crippen molar-refractivity contribution >= 4 is 26.4 Å². The Bertz CT molecular complexity index is 551. The van der Waals surface area contributed by atoms with Gasteiger partial charge >= 0.3 is 0 Å². The highest BCUT2D eigenvalue weighted by atomic mass is 32.1. The Morgan fingerprint density at radius 1 is 1.50 bits per heavy atom. The fourth-order valence-corrected chi connectivity index (χ4v) is 2.46. The highest BCUT2D eigenvalue weighted by Gasteiger charge is 2.14. The van der Waals surface area contributed by atoms with E-state index >= 15 is 0 Å². The van der Waals surface area contributed by atoms with Crippen LogP contribution in [0.1, 0.15) is 11.1 Å².